The highest BCUT2D eigenvalue weighted by Crippen LogP contribution is 2.40. The minimum Gasteiger partial charge on any atom is -0.481 e. The number of nitrogens with one attached hydrogen (secondary N) is 1. The Hall–Kier alpha value is -4.11. The zero-order chi connectivity index (χ0) is 27.4. The lowest BCUT2D eigenvalue weighted by atomic mass is 10.0. The number of hydrogen-bond acceptors (Lipinski definition) is 7. The molecule has 38 heavy (non-hydrogen) atoms. The number of fused-ring (bicyclic) bond motifs is 1. The van der Waals surface area contributed by atoms with E-state index in [-0.39, 0.29) is 13.2 Å². The smallest absolute Gasteiger partial charge is 0.413 e. The van der Waals surface area contributed by atoms with Gasteiger partial charge >= 0.3 is 12.1 Å². The van der Waals surface area contributed by atoms with Crippen molar-refractivity contribution in [3.63, 3.8) is 0 Å². The van der Waals surface area contributed by atoms with Gasteiger partial charge in [0.2, 0.25) is 5.88 Å². The second-order valence-electron chi connectivity index (χ2n) is 9.43. The summed E-state index contributed by atoms with van der Waals surface area (Å²) in [4.78, 5) is 34.3. The third-order valence-electron chi connectivity index (χ3n) is 5.52. The fraction of sp³-hybridized carbons (Fsp3) is 0.286. The second-order valence-corrected chi connectivity index (χ2v) is 9.86. The van der Waals surface area contributed by atoms with Gasteiger partial charge in [0.05, 0.1) is 13.7 Å². The number of rotatable bonds is 7. The van der Waals surface area contributed by atoms with Crippen LogP contribution in [0.5, 0.6) is 5.88 Å². The molecule has 3 aromatic heterocycles. The minimum atomic E-state index is -0.648. The normalized spacial score (nSPS) is 11.3. The molecule has 198 valence electrons. The van der Waals surface area contributed by atoms with Crippen molar-refractivity contribution in [3.8, 4) is 17.0 Å². The van der Waals surface area contributed by atoms with Crippen LogP contribution in [0, 0.1) is 0 Å². The zero-order valence-electron chi connectivity index (χ0n) is 21.9. The number of pyridine rings is 2. The Labute approximate surface area is 225 Å². The quantitative estimate of drug-likeness (QED) is 0.275. The third kappa shape index (κ3) is 5.89. The van der Waals surface area contributed by atoms with Gasteiger partial charge in [-0.05, 0) is 75.7 Å². The van der Waals surface area contributed by atoms with Crippen LogP contribution in [0.3, 0.4) is 0 Å². The number of amides is 1. The van der Waals surface area contributed by atoms with Gasteiger partial charge in [0.25, 0.3) is 0 Å². The molecule has 10 heteroatoms. The molecule has 9 nitrogen and oxygen atoms in total. The van der Waals surface area contributed by atoms with Crippen LogP contribution >= 0.6 is 11.6 Å². The molecule has 0 aliphatic heterocycles. The highest BCUT2D eigenvalue weighted by Gasteiger charge is 2.27. The van der Waals surface area contributed by atoms with Crippen LogP contribution < -0.4 is 10.1 Å². The van der Waals surface area contributed by atoms with Crippen LogP contribution in [0.2, 0.25) is 5.02 Å². The Morgan fingerprint density at radius 2 is 1.87 bits per heavy atom. The first-order chi connectivity index (χ1) is 18.1. The SMILES string of the molecule is CCOC(=O)c1c(-c2cccnc2OC)c2cc(Cl)ccc2n1Cc1ccnc(NC(=O)OC(C)(C)C)c1. The van der Waals surface area contributed by atoms with Crippen molar-refractivity contribution in [1.29, 1.82) is 0 Å². The van der Waals surface area contributed by atoms with Crippen LogP contribution in [0.15, 0.2) is 54.9 Å². The maximum absolute atomic E-state index is 13.4. The Bertz CT molecular complexity index is 1490. The van der Waals surface area contributed by atoms with E-state index in [1.807, 2.05) is 16.7 Å². The lowest BCUT2D eigenvalue weighted by Gasteiger charge is -2.19. The van der Waals surface area contributed by atoms with E-state index in [0.717, 1.165) is 16.5 Å². The summed E-state index contributed by atoms with van der Waals surface area (Å²) in [5.74, 6) is 0.190. The number of carbonyl (C=O) groups excluding carboxylic acids is 2. The predicted molar refractivity (Wildman–Crippen MR) is 146 cm³/mol. The molecular formula is C28H29ClN4O5. The first-order valence-corrected chi connectivity index (χ1v) is 12.4. The van der Waals surface area contributed by atoms with Crippen LogP contribution in [0.4, 0.5) is 10.6 Å². The Balaban J connectivity index is 1.86. The summed E-state index contributed by atoms with van der Waals surface area (Å²) in [6, 6.07) is 12.6. The topological polar surface area (TPSA) is 105 Å². The molecule has 0 atom stereocenters. The maximum atomic E-state index is 13.4. The van der Waals surface area contributed by atoms with E-state index in [0.29, 0.717) is 33.5 Å². The van der Waals surface area contributed by atoms with Crippen LogP contribution in [-0.4, -0.2) is 45.9 Å². The van der Waals surface area contributed by atoms with Crippen molar-refractivity contribution in [2.45, 2.75) is 39.8 Å². The predicted octanol–water partition coefficient (Wildman–Crippen LogP) is 6.33. The van der Waals surface area contributed by atoms with E-state index in [2.05, 4.69) is 15.3 Å². The maximum Gasteiger partial charge on any atom is 0.413 e. The largest absolute Gasteiger partial charge is 0.481 e. The molecule has 1 amide bonds. The van der Waals surface area contributed by atoms with Crippen LogP contribution in [0.25, 0.3) is 22.0 Å². The molecule has 4 aromatic rings. The van der Waals surface area contributed by atoms with E-state index in [1.54, 1.807) is 70.4 Å². The highest BCUT2D eigenvalue weighted by atomic mass is 35.5. The molecular weight excluding hydrogens is 508 g/mol. The van der Waals surface area contributed by atoms with Crippen LogP contribution in [0.1, 0.15) is 43.7 Å². The molecule has 0 unspecified atom stereocenters. The van der Waals surface area contributed by atoms with Crippen molar-refractivity contribution in [2.75, 3.05) is 19.0 Å². The second kappa shape index (κ2) is 11.1. The number of nitrogens with zero attached hydrogens (tertiary/aromatic N) is 3. The third-order valence-corrected chi connectivity index (χ3v) is 5.76. The van der Waals surface area contributed by atoms with Gasteiger partial charge in [-0.3, -0.25) is 5.32 Å². The Morgan fingerprint density at radius 1 is 1.08 bits per heavy atom. The average molecular weight is 537 g/mol. The summed E-state index contributed by atoms with van der Waals surface area (Å²) in [6.45, 7) is 7.58. The molecule has 0 radical (unpaired) electrons. The molecule has 0 saturated carbocycles. The van der Waals surface area contributed by atoms with Gasteiger partial charge < -0.3 is 18.8 Å². The van der Waals surface area contributed by atoms with Crippen molar-refractivity contribution in [3.05, 3.63) is 71.1 Å². The number of methoxy groups -OCH3 is 1. The molecule has 3 heterocycles. The van der Waals surface area contributed by atoms with Crippen LogP contribution in [-0.2, 0) is 16.0 Å². The van der Waals surface area contributed by atoms with E-state index in [4.69, 9.17) is 25.8 Å². The Kier molecular flexibility index (Phi) is 7.87. The van der Waals surface area contributed by atoms with Gasteiger partial charge in [-0.25, -0.2) is 19.6 Å². The average Bonchev–Trinajstić information content (AvgIpc) is 3.16. The fourth-order valence-corrected chi connectivity index (χ4v) is 4.32. The van der Waals surface area contributed by atoms with E-state index in [1.165, 1.54) is 7.11 Å². The lowest BCUT2D eigenvalue weighted by Crippen LogP contribution is -2.27. The molecule has 0 aliphatic carbocycles. The number of ether oxygens (including phenoxy) is 3. The number of benzene rings is 1. The summed E-state index contributed by atoms with van der Waals surface area (Å²) < 4.78 is 18.2. The summed E-state index contributed by atoms with van der Waals surface area (Å²) in [7, 11) is 1.53. The number of carbonyl (C=O) groups is 2. The number of esters is 1. The van der Waals surface area contributed by atoms with Gasteiger partial charge in [-0.1, -0.05) is 11.6 Å². The molecule has 0 bridgehead atoms. The lowest BCUT2D eigenvalue weighted by molar-refractivity contribution is 0.0515. The first-order valence-electron chi connectivity index (χ1n) is 12.0. The molecule has 0 aliphatic rings. The van der Waals surface area contributed by atoms with Crippen molar-refractivity contribution in [1.82, 2.24) is 14.5 Å². The molecule has 0 saturated heterocycles. The first kappa shape index (κ1) is 26.9. The molecule has 1 aromatic carbocycles. The standard InChI is InChI=1S/C28H29ClN4O5/c1-6-37-26(34)24-23(19-8-7-12-31-25(19)36-5)20-15-18(29)9-10-21(20)33(24)16-17-11-13-30-22(14-17)32-27(35)38-28(2,3)4/h7-15H,6,16H2,1-5H3,(H,30,32,35). The van der Waals surface area contributed by atoms with Crippen molar-refractivity contribution < 1.29 is 23.8 Å². The molecule has 0 fully saturated rings. The summed E-state index contributed by atoms with van der Waals surface area (Å²) in [5.41, 5.74) is 2.46. The van der Waals surface area contributed by atoms with Gasteiger partial charge in [-0.15, -0.1) is 0 Å². The number of hydrogen-bond donors (Lipinski definition) is 1. The zero-order valence-corrected chi connectivity index (χ0v) is 22.6. The Morgan fingerprint density at radius 3 is 2.58 bits per heavy atom. The molecule has 0 spiro atoms. The number of halogens is 1. The summed E-state index contributed by atoms with van der Waals surface area (Å²) >= 11 is 6.40. The minimum absolute atomic E-state index is 0.198. The number of anilines is 1. The van der Waals surface area contributed by atoms with Gasteiger partial charge in [0, 0.05) is 46.0 Å². The van der Waals surface area contributed by atoms with E-state index >= 15 is 0 Å². The van der Waals surface area contributed by atoms with E-state index in [9.17, 15) is 9.59 Å². The molecule has 1 N–H and O–H groups in total. The van der Waals surface area contributed by atoms with Crippen molar-refractivity contribution >= 4 is 40.4 Å². The highest BCUT2D eigenvalue weighted by molar-refractivity contribution is 6.31. The summed E-state index contributed by atoms with van der Waals surface area (Å²) in [6.07, 6.45) is 2.59. The van der Waals surface area contributed by atoms with Gasteiger partial charge in [0.15, 0.2) is 0 Å². The fourth-order valence-electron chi connectivity index (χ4n) is 4.15. The summed E-state index contributed by atoms with van der Waals surface area (Å²) in [5, 5.41) is 3.92. The monoisotopic (exact) mass is 536 g/mol. The van der Waals surface area contributed by atoms with Gasteiger partial charge in [0.1, 0.15) is 17.1 Å². The number of aromatic nitrogens is 3. The van der Waals surface area contributed by atoms with E-state index < -0.39 is 17.7 Å². The van der Waals surface area contributed by atoms with Crippen molar-refractivity contribution in [2.24, 2.45) is 0 Å². The van der Waals surface area contributed by atoms with Gasteiger partial charge in [-0.2, -0.15) is 0 Å². The molecule has 4 rings (SSSR count).